The molecule has 0 bridgehead atoms. The van der Waals surface area contributed by atoms with Crippen molar-refractivity contribution >= 4 is 11.8 Å². The lowest BCUT2D eigenvalue weighted by molar-refractivity contribution is 0.293. The number of methoxy groups -OCH3 is 1. The van der Waals surface area contributed by atoms with Crippen molar-refractivity contribution in [3.05, 3.63) is 65.8 Å². The molecule has 0 N–H and O–H groups in total. The summed E-state index contributed by atoms with van der Waals surface area (Å²) >= 11 is 1.69. The van der Waals surface area contributed by atoms with Crippen molar-refractivity contribution in [2.75, 3.05) is 7.11 Å². The predicted octanol–water partition coefficient (Wildman–Crippen LogP) is 4.40. The largest absolute Gasteiger partial charge is 0.501 e. The first-order valence-corrected chi connectivity index (χ1v) is 5.86. The SMILES string of the molecule is C=C/C=C(\C=C(/C)OC)Sc1ccccc1. The number of rotatable bonds is 5. The zero-order valence-electron chi connectivity index (χ0n) is 9.64. The Hall–Kier alpha value is -1.41. The van der Waals surface area contributed by atoms with E-state index in [2.05, 4.69) is 18.7 Å². The van der Waals surface area contributed by atoms with Crippen molar-refractivity contribution in [3.63, 3.8) is 0 Å². The van der Waals surface area contributed by atoms with Gasteiger partial charge in [-0.3, -0.25) is 0 Å². The Bertz CT molecular complexity index is 390. The zero-order chi connectivity index (χ0) is 11.8. The van der Waals surface area contributed by atoms with E-state index in [9.17, 15) is 0 Å². The van der Waals surface area contributed by atoms with E-state index in [4.69, 9.17) is 4.74 Å². The molecule has 0 amide bonds. The topological polar surface area (TPSA) is 9.23 Å². The summed E-state index contributed by atoms with van der Waals surface area (Å²) in [7, 11) is 1.67. The van der Waals surface area contributed by atoms with Crippen LogP contribution in [0, 0.1) is 0 Å². The van der Waals surface area contributed by atoms with Crippen molar-refractivity contribution in [2.45, 2.75) is 11.8 Å². The molecule has 0 saturated carbocycles. The molecule has 0 aliphatic heterocycles. The van der Waals surface area contributed by atoms with Crippen LogP contribution >= 0.6 is 11.8 Å². The van der Waals surface area contributed by atoms with Gasteiger partial charge in [0, 0.05) is 9.80 Å². The Kier molecular flexibility index (Phi) is 5.51. The molecule has 0 spiro atoms. The third kappa shape index (κ3) is 4.41. The van der Waals surface area contributed by atoms with E-state index in [1.165, 1.54) is 4.90 Å². The highest BCUT2D eigenvalue weighted by Crippen LogP contribution is 2.28. The van der Waals surface area contributed by atoms with Crippen LogP contribution in [0.1, 0.15) is 6.92 Å². The molecule has 0 saturated heterocycles. The van der Waals surface area contributed by atoms with Crippen LogP contribution in [-0.4, -0.2) is 7.11 Å². The molecule has 0 radical (unpaired) electrons. The molecule has 84 valence electrons. The summed E-state index contributed by atoms with van der Waals surface area (Å²) in [4.78, 5) is 2.32. The molecule has 0 aliphatic carbocycles. The molecule has 1 aromatic carbocycles. The molecular formula is C14H16OS. The lowest BCUT2D eigenvalue weighted by Crippen LogP contribution is -1.81. The molecule has 2 heteroatoms. The van der Waals surface area contributed by atoms with Crippen molar-refractivity contribution in [3.8, 4) is 0 Å². The Morgan fingerprint density at radius 3 is 2.56 bits per heavy atom. The van der Waals surface area contributed by atoms with Crippen LogP contribution < -0.4 is 0 Å². The quantitative estimate of drug-likeness (QED) is 0.423. The summed E-state index contributed by atoms with van der Waals surface area (Å²) in [5, 5.41) is 0. The van der Waals surface area contributed by atoms with Crippen molar-refractivity contribution in [1.82, 2.24) is 0 Å². The van der Waals surface area contributed by atoms with Crippen molar-refractivity contribution in [2.24, 2.45) is 0 Å². The maximum Gasteiger partial charge on any atom is 0.0935 e. The average Bonchev–Trinajstić information content (AvgIpc) is 2.30. The standard InChI is InChI=1S/C14H16OS/c1-4-8-14(11-12(2)15-3)16-13-9-6-5-7-10-13/h4-11H,1H2,2-3H3/b12-11+,14-8+. The van der Waals surface area contributed by atoms with E-state index in [1.807, 2.05) is 37.3 Å². The maximum absolute atomic E-state index is 5.14. The minimum atomic E-state index is 0.886. The summed E-state index contributed by atoms with van der Waals surface area (Å²) in [5.41, 5.74) is 0. The third-order valence-corrected chi connectivity index (χ3v) is 2.93. The second-order valence-electron chi connectivity index (χ2n) is 3.18. The highest BCUT2D eigenvalue weighted by Gasteiger charge is 1.97. The van der Waals surface area contributed by atoms with Crippen LogP contribution in [0.25, 0.3) is 0 Å². The number of benzene rings is 1. The van der Waals surface area contributed by atoms with Crippen LogP contribution in [0.15, 0.2) is 70.7 Å². The molecule has 1 rings (SSSR count). The average molecular weight is 232 g/mol. The first kappa shape index (κ1) is 12.7. The lowest BCUT2D eigenvalue weighted by atomic mass is 10.4. The van der Waals surface area contributed by atoms with Gasteiger partial charge in [0.1, 0.15) is 0 Å². The van der Waals surface area contributed by atoms with E-state index in [0.717, 1.165) is 10.7 Å². The highest BCUT2D eigenvalue weighted by molar-refractivity contribution is 8.03. The second kappa shape index (κ2) is 6.96. The van der Waals surface area contributed by atoms with E-state index >= 15 is 0 Å². The molecule has 1 nitrogen and oxygen atoms in total. The lowest BCUT2D eigenvalue weighted by Gasteiger charge is -2.04. The Labute approximate surface area is 102 Å². The van der Waals surface area contributed by atoms with Crippen molar-refractivity contribution < 1.29 is 4.74 Å². The number of hydrogen-bond acceptors (Lipinski definition) is 2. The zero-order valence-corrected chi connectivity index (χ0v) is 10.5. The third-order valence-electron chi connectivity index (χ3n) is 1.93. The summed E-state index contributed by atoms with van der Waals surface area (Å²) in [6.07, 6.45) is 5.75. The van der Waals surface area contributed by atoms with Gasteiger partial charge in [0.15, 0.2) is 0 Å². The number of thioether (sulfide) groups is 1. The van der Waals surface area contributed by atoms with E-state index in [-0.39, 0.29) is 0 Å². The van der Waals surface area contributed by atoms with E-state index in [0.29, 0.717) is 0 Å². The van der Waals surface area contributed by atoms with Crippen LogP contribution in [0.3, 0.4) is 0 Å². The first-order valence-electron chi connectivity index (χ1n) is 5.04. The summed E-state index contributed by atoms with van der Waals surface area (Å²) in [5.74, 6) is 0.886. The number of allylic oxidation sites excluding steroid dienone is 4. The maximum atomic E-state index is 5.14. The molecule has 0 aromatic heterocycles. The van der Waals surface area contributed by atoms with Gasteiger partial charge in [0.25, 0.3) is 0 Å². The second-order valence-corrected chi connectivity index (χ2v) is 4.33. The molecule has 1 aromatic rings. The highest BCUT2D eigenvalue weighted by atomic mass is 32.2. The van der Waals surface area contributed by atoms with Crippen LogP contribution in [0.5, 0.6) is 0 Å². The fraction of sp³-hybridized carbons (Fsp3) is 0.143. The summed E-state index contributed by atoms with van der Waals surface area (Å²) < 4.78 is 5.14. The van der Waals surface area contributed by atoms with Crippen molar-refractivity contribution in [1.29, 1.82) is 0 Å². The van der Waals surface area contributed by atoms with E-state index < -0.39 is 0 Å². The van der Waals surface area contributed by atoms with Gasteiger partial charge in [-0.1, -0.05) is 42.6 Å². The molecule has 0 aliphatic rings. The number of ether oxygens (including phenoxy) is 1. The van der Waals surface area contributed by atoms with Gasteiger partial charge in [-0.25, -0.2) is 0 Å². The Balaban J connectivity index is 2.81. The first-order chi connectivity index (χ1) is 7.76. The summed E-state index contributed by atoms with van der Waals surface area (Å²) in [6.45, 7) is 5.65. The molecule has 0 unspecified atom stereocenters. The van der Waals surface area contributed by atoms with Gasteiger partial charge in [0.05, 0.1) is 12.9 Å². The van der Waals surface area contributed by atoms with Crippen LogP contribution in [-0.2, 0) is 4.74 Å². The minimum Gasteiger partial charge on any atom is -0.501 e. The molecule has 0 heterocycles. The molecule has 16 heavy (non-hydrogen) atoms. The smallest absolute Gasteiger partial charge is 0.0935 e. The van der Waals surface area contributed by atoms with Crippen LogP contribution in [0.4, 0.5) is 0 Å². The summed E-state index contributed by atoms with van der Waals surface area (Å²) in [6, 6.07) is 10.2. The normalized spacial score (nSPS) is 12.4. The fourth-order valence-electron chi connectivity index (χ4n) is 1.11. The monoisotopic (exact) mass is 232 g/mol. The molecular weight excluding hydrogens is 216 g/mol. The Morgan fingerprint density at radius 1 is 1.31 bits per heavy atom. The predicted molar refractivity (Wildman–Crippen MR) is 71.3 cm³/mol. The molecule has 0 atom stereocenters. The minimum absolute atomic E-state index is 0.886. The van der Waals surface area contributed by atoms with Gasteiger partial charge in [0.2, 0.25) is 0 Å². The van der Waals surface area contributed by atoms with Gasteiger partial charge in [-0.15, -0.1) is 0 Å². The Morgan fingerprint density at radius 2 is 2.00 bits per heavy atom. The molecule has 0 fully saturated rings. The van der Waals surface area contributed by atoms with Gasteiger partial charge < -0.3 is 4.74 Å². The van der Waals surface area contributed by atoms with E-state index in [1.54, 1.807) is 24.9 Å². The van der Waals surface area contributed by atoms with Gasteiger partial charge in [-0.05, 0) is 31.2 Å². The fourth-order valence-corrected chi connectivity index (χ4v) is 2.07. The van der Waals surface area contributed by atoms with Crippen LogP contribution in [0.2, 0.25) is 0 Å². The van der Waals surface area contributed by atoms with Gasteiger partial charge in [-0.2, -0.15) is 0 Å². The number of hydrogen-bond donors (Lipinski definition) is 0. The van der Waals surface area contributed by atoms with Gasteiger partial charge >= 0.3 is 0 Å².